The first kappa shape index (κ1) is 21.5. The third-order valence-corrected chi connectivity index (χ3v) is 6.96. The molecule has 0 aliphatic rings. The number of hydrogen-bond acceptors (Lipinski definition) is 6. The molecule has 0 radical (unpaired) electrons. The van der Waals surface area contributed by atoms with Crippen LogP contribution in [0.4, 0.5) is 5.69 Å². The first-order chi connectivity index (χ1) is 15.0. The van der Waals surface area contributed by atoms with Crippen LogP contribution in [0.3, 0.4) is 0 Å². The van der Waals surface area contributed by atoms with Crippen LogP contribution in [0.2, 0.25) is 0 Å². The van der Waals surface area contributed by atoms with Gasteiger partial charge in [-0.25, -0.2) is 14.3 Å². The zero-order valence-electron chi connectivity index (χ0n) is 16.4. The highest BCUT2D eigenvalue weighted by Crippen LogP contribution is 2.27. The van der Waals surface area contributed by atoms with Crippen LogP contribution < -0.4 is 16.6 Å². The van der Waals surface area contributed by atoms with Crippen molar-refractivity contribution < 1.29 is 4.79 Å². The highest BCUT2D eigenvalue weighted by molar-refractivity contribution is 9.10. The number of aromatic nitrogens is 3. The summed E-state index contributed by atoms with van der Waals surface area (Å²) in [4.78, 5) is 43.6. The molecular formula is C21H17BrN4O3S2. The molecule has 7 nitrogen and oxygen atoms in total. The van der Waals surface area contributed by atoms with Crippen molar-refractivity contribution in [1.82, 2.24) is 14.1 Å². The predicted molar refractivity (Wildman–Crippen MR) is 129 cm³/mol. The third kappa shape index (κ3) is 4.51. The number of carbonyl (C=O) groups excluding carboxylic acids is 1. The second-order valence-corrected chi connectivity index (χ2v) is 9.89. The zero-order chi connectivity index (χ0) is 22.0. The lowest BCUT2D eigenvalue weighted by Gasteiger charge is -2.11. The Morgan fingerprint density at radius 3 is 2.52 bits per heavy atom. The molecule has 0 spiro atoms. The summed E-state index contributed by atoms with van der Waals surface area (Å²) >= 11 is 6.08. The SMILES string of the molecule is CCSc1nc2c(s1)c(=O)n(-c1ccccc1)c(=O)n2CC(=O)Nc1ccc(Br)cc1. The molecule has 31 heavy (non-hydrogen) atoms. The van der Waals surface area contributed by atoms with Gasteiger partial charge in [0.1, 0.15) is 11.2 Å². The van der Waals surface area contributed by atoms with Gasteiger partial charge in [0.25, 0.3) is 5.56 Å². The topological polar surface area (TPSA) is 86.0 Å². The fraction of sp³-hybridized carbons (Fsp3) is 0.143. The van der Waals surface area contributed by atoms with Crippen LogP contribution in [0.25, 0.3) is 16.0 Å². The van der Waals surface area contributed by atoms with Crippen LogP contribution in [0.5, 0.6) is 0 Å². The van der Waals surface area contributed by atoms with Crippen molar-refractivity contribution in [2.24, 2.45) is 0 Å². The highest BCUT2D eigenvalue weighted by atomic mass is 79.9. The first-order valence-electron chi connectivity index (χ1n) is 9.38. The minimum atomic E-state index is -0.604. The van der Waals surface area contributed by atoms with Crippen LogP contribution in [-0.2, 0) is 11.3 Å². The maximum absolute atomic E-state index is 13.3. The Morgan fingerprint density at radius 2 is 1.84 bits per heavy atom. The van der Waals surface area contributed by atoms with Crippen molar-refractivity contribution in [3.05, 3.63) is 79.9 Å². The predicted octanol–water partition coefficient (Wildman–Crippen LogP) is 4.12. The van der Waals surface area contributed by atoms with Crippen molar-refractivity contribution in [2.45, 2.75) is 17.8 Å². The van der Waals surface area contributed by atoms with Gasteiger partial charge in [-0.3, -0.25) is 14.2 Å². The van der Waals surface area contributed by atoms with Crippen molar-refractivity contribution in [3.63, 3.8) is 0 Å². The Balaban J connectivity index is 1.82. The monoisotopic (exact) mass is 516 g/mol. The van der Waals surface area contributed by atoms with E-state index in [4.69, 9.17) is 0 Å². The Labute approximate surface area is 193 Å². The average molecular weight is 517 g/mol. The number of thiazole rings is 1. The van der Waals surface area contributed by atoms with Gasteiger partial charge in [0.15, 0.2) is 9.99 Å². The molecular weight excluding hydrogens is 500 g/mol. The van der Waals surface area contributed by atoms with Crippen LogP contribution >= 0.6 is 39.0 Å². The van der Waals surface area contributed by atoms with Crippen LogP contribution in [0, 0.1) is 0 Å². The molecule has 0 saturated heterocycles. The molecule has 0 aliphatic carbocycles. The van der Waals surface area contributed by atoms with E-state index in [0.717, 1.165) is 14.8 Å². The Bertz CT molecular complexity index is 1360. The summed E-state index contributed by atoms with van der Waals surface area (Å²) in [6, 6.07) is 15.8. The number of hydrogen-bond donors (Lipinski definition) is 1. The lowest BCUT2D eigenvalue weighted by Crippen LogP contribution is -2.40. The number of halogens is 1. The van der Waals surface area contributed by atoms with E-state index in [1.807, 2.05) is 19.1 Å². The molecule has 2 heterocycles. The fourth-order valence-corrected chi connectivity index (χ4v) is 5.26. The van der Waals surface area contributed by atoms with Crippen LogP contribution in [0.15, 0.2) is 73.0 Å². The summed E-state index contributed by atoms with van der Waals surface area (Å²) < 4.78 is 4.27. The van der Waals surface area contributed by atoms with Gasteiger partial charge in [-0.1, -0.05) is 52.8 Å². The molecule has 10 heteroatoms. The van der Waals surface area contributed by atoms with E-state index in [1.165, 1.54) is 27.7 Å². The second kappa shape index (κ2) is 9.21. The highest BCUT2D eigenvalue weighted by Gasteiger charge is 2.20. The van der Waals surface area contributed by atoms with Gasteiger partial charge in [0.05, 0.1) is 5.69 Å². The lowest BCUT2D eigenvalue weighted by molar-refractivity contribution is -0.116. The number of nitrogens with zero attached hydrogens (tertiary/aromatic N) is 3. The molecule has 0 atom stereocenters. The van der Waals surface area contributed by atoms with Gasteiger partial charge >= 0.3 is 5.69 Å². The average Bonchev–Trinajstić information content (AvgIpc) is 3.18. The third-order valence-electron chi connectivity index (χ3n) is 4.38. The number of rotatable bonds is 6. The summed E-state index contributed by atoms with van der Waals surface area (Å²) in [6.07, 6.45) is 0. The molecule has 0 bridgehead atoms. The van der Waals surface area contributed by atoms with Gasteiger partial charge in [-0.05, 0) is 42.2 Å². The minimum absolute atomic E-state index is 0.231. The Hall–Kier alpha value is -2.69. The largest absolute Gasteiger partial charge is 0.337 e. The van der Waals surface area contributed by atoms with E-state index >= 15 is 0 Å². The van der Waals surface area contributed by atoms with Gasteiger partial charge in [0, 0.05) is 10.2 Å². The van der Waals surface area contributed by atoms with Crippen molar-refractivity contribution in [2.75, 3.05) is 11.1 Å². The van der Waals surface area contributed by atoms with Crippen LogP contribution in [-0.4, -0.2) is 25.8 Å². The second-order valence-electron chi connectivity index (χ2n) is 6.47. The molecule has 2 aromatic carbocycles. The van der Waals surface area contributed by atoms with Crippen molar-refractivity contribution in [1.29, 1.82) is 0 Å². The molecule has 0 fully saturated rings. The standard InChI is InChI=1S/C21H17BrN4O3S2/c1-2-30-20-24-18-17(31-20)19(28)26(15-6-4-3-5-7-15)21(29)25(18)12-16(27)23-14-10-8-13(22)9-11-14/h3-11H,2,12H2,1H3,(H,23,27). The maximum Gasteiger partial charge on any atom is 0.337 e. The summed E-state index contributed by atoms with van der Waals surface area (Å²) in [6.45, 7) is 1.72. The van der Waals surface area contributed by atoms with E-state index in [-0.39, 0.29) is 18.1 Å². The summed E-state index contributed by atoms with van der Waals surface area (Å²) in [5, 5.41) is 2.78. The van der Waals surface area contributed by atoms with E-state index in [2.05, 4.69) is 26.2 Å². The van der Waals surface area contributed by atoms with Crippen molar-refractivity contribution >= 4 is 61.0 Å². The fourth-order valence-electron chi connectivity index (χ4n) is 3.02. The van der Waals surface area contributed by atoms with Crippen molar-refractivity contribution in [3.8, 4) is 5.69 Å². The molecule has 4 rings (SSSR count). The number of nitrogens with one attached hydrogen (secondary N) is 1. The minimum Gasteiger partial charge on any atom is -0.325 e. The number of thioether (sulfide) groups is 1. The molecule has 4 aromatic rings. The molecule has 1 amide bonds. The molecule has 158 valence electrons. The van der Waals surface area contributed by atoms with Gasteiger partial charge in [0.2, 0.25) is 5.91 Å². The molecule has 2 aromatic heterocycles. The Morgan fingerprint density at radius 1 is 1.13 bits per heavy atom. The number of benzene rings is 2. The Kier molecular flexibility index (Phi) is 6.40. The normalized spacial score (nSPS) is 11.0. The lowest BCUT2D eigenvalue weighted by atomic mass is 10.3. The molecule has 0 unspecified atom stereocenters. The summed E-state index contributed by atoms with van der Waals surface area (Å²) in [5.41, 5.74) is 0.243. The van der Waals surface area contributed by atoms with Gasteiger partial charge in [-0.15, -0.1) is 11.3 Å². The van der Waals surface area contributed by atoms with Gasteiger partial charge in [-0.2, -0.15) is 0 Å². The van der Waals surface area contributed by atoms with Crippen LogP contribution in [0.1, 0.15) is 6.92 Å². The smallest absolute Gasteiger partial charge is 0.325 e. The van der Waals surface area contributed by atoms with E-state index in [9.17, 15) is 14.4 Å². The number of carbonyl (C=O) groups is 1. The molecule has 1 N–H and O–H groups in total. The molecule has 0 saturated carbocycles. The van der Waals surface area contributed by atoms with E-state index in [1.54, 1.807) is 42.5 Å². The van der Waals surface area contributed by atoms with E-state index < -0.39 is 11.2 Å². The van der Waals surface area contributed by atoms with Gasteiger partial charge < -0.3 is 5.32 Å². The number of fused-ring (bicyclic) bond motifs is 1. The summed E-state index contributed by atoms with van der Waals surface area (Å²) in [7, 11) is 0. The van der Waals surface area contributed by atoms with E-state index in [0.29, 0.717) is 20.4 Å². The zero-order valence-corrected chi connectivity index (χ0v) is 19.6. The number of anilines is 1. The first-order valence-corrected chi connectivity index (χ1v) is 12.0. The number of para-hydroxylation sites is 1. The number of amides is 1. The maximum atomic E-state index is 13.3. The quantitative estimate of drug-likeness (QED) is 0.389. The summed E-state index contributed by atoms with van der Waals surface area (Å²) in [5.74, 6) is 0.391. The molecule has 0 aliphatic heterocycles.